The van der Waals surface area contributed by atoms with Crippen LogP contribution in [0.4, 0.5) is 0 Å². The topological polar surface area (TPSA) is 37.0 Å². The van der Waals surface area contributed by atoms with Crippen molar-refractivity contribution < 1.29 is 0 Å². The minimum absolute atomic E-state index is 0.791. The van der Waals surface area contributed by atoms with Crippen LogP contribution in [0, 0.1) is 0 Å². The highest BCUT2D eigenvalue weighted by Crippen LogP contribution is 2.25. The molecule has 1 heterocycles. The van der Waals surface area contributed by atoms with Gasteiger partial charge in [-0.3, -0.25) is 0 Å². The van der Waals surface area contributed by atoms with E-state index in [1.54, 1.807) is 0 Å². The second kappa shape index (κ2) is 9.73. The van der Waals surface area contributed by atoms with Crippen LogP contribution in [0.3, 0.4) is 0 Å². The molecule has 1 aromatic heterocycles. The van der Waals surface area contributed by atoms with Crippen LogP contribution in [-0.2, 0) is 26.2 Å². The van der Waals surface area contributed by atoms with E-state index >= 15 is 0 Å². The van der Waals surface area contributed by atoms with Gasteiger partial charge in [0.2, 0.25) is 0 Å². The molecule has 0 saturated carbocycles. The Morgan fingerprint density at radius 3 is 1.41 bits per heavy atom. The fraction of sp³-hybridized carbons (Fsp3) is 0.138. The van der Waals surface area contributed by atoms with E-state index < -0.39 is 0 Å². The SMILES string of the molecule is c1ccc(CNCc2cccc3cc4cccc(CNCc5ccccc5)c4nc23)cc1. The third-order valence-corrected chi connectivity index (χ3v) is 5.81. The van der Waals surface area contributed by atoms with Gasteiger partial charge in [0.1, 0.15) is 0 Å². The van der Waals surface area contributed by atoms with Crippen molar-refractivity contribution in [3.8, 4) is 0 Å². The Hall–Kier alpha value is -3.53. The van der Waals surface area contributed by atoms with Gasteiger partial charge in [-0.25, -0.2) is 4.98 Å². The number of nitrogens with zero attached hydrogens (tertiary/aromatic N) is 1. The molecule has 2 N–H and O–H groups in total. The monoisotopic (exact) mass is 417 g/mol. The highest BCUT2D eigenvalue weighted by atomic mass is 14.9. The fourth-order valence-electron chi connectivity index (χ4n) is 4.17. The first-order chi connectivity index (χ1) is 15.9. The van der Waals surface area contributed by atoms with Crippen LogP contribution in [0.2, 0.25) is 0 Å². The van der Waals surface area contributed by atoms with E-state index in [9.17, 15) is 0 Å². The lowest BCUT2D eigenvalue weighted by Gasteiger charge is -2.12. The van der Waals surface area contributed by atoms with Crippen molar-refractivity contribution in [1.29, 1.82) is 0 Å². The predicted octanol–water partition coefficient (Wildman–Crippen LogP) is 5.97. The van der Waals surface area contributed by atoms with Crippen LogP contribution < -0.4 is 10.6 Å². The van der Waals surface area contributed by atoms with Crippen molar-refractivity contribution in [2.75, 3.05) is 0 Å². The Bertz CT molecular complexity index is 1210. The maximum absolute atomic E-state index is 5.15. The van der Waals surface area contributed by atoms with Crippen LogP contribution >= 0.6 is 0 Å². The number of hydrogen-bond acceptors (Lipinski definition) is 3. The molecule has 32 heavy (non-hydrogen) atoms. The van der Waals surface area contributed by atoms with E-state index in [4.69, 9.17) is 4.98 Å². The third-order valence-electron chi connectivity index (χ3n) is 5.81. The Morgan fingerprint density at radius 1 is 0.469 bits per heavy atom. The van der Waals surface area contributed by atoms with Crippen molar-refractivity contribution in [2.24, 2.45) is 0 Å². The van der Waals surface area contributed by atoms with Crippen LogP contribution in [-0.4, -0.2) is 4.98 Å². The number of fused-ring (bicyclic) bond motifs is 2. The highest BCUT2D eigenvalue weighted by Gasteiger charge is 2.08. The summed E-state index contributed by atoms with van der Waals surface area (Å²) in [5, 5.41) is 9.52. The van der Waals surface area contributed by atoms with Gasteiger partial charge in [0.05, 0.1) is 11.0 Å². The number of benzene rings is 4. The normalized spacial score (nSPS) is 11.2. The zero-order valence-corrected chi connectivity index (χ0v) is 18.1. The van der Waals surface area contributed by atoms with Gasteiger partial charge >= 0.3 is 0 Å². The fourth-order valence-corrected chi connectivity index (χ4v) is 4.17. The Labute approximate surface area is 189 Å². The molecule has 0 aliphatic carbocycles. The molecule has 0 radical (unpaired) electrons. The van der Waals surface area contributed by atoms with Crippen LogP contribution in [0.1, 0.15) is 22.3 Å². The van der Waals surface area contributed by atoms with Crippen LogP contribution in [0.15, 0.2) is 103 Å². The van der Waals surface area contributed by atoms with Crippen molar-refractivity contribution in [3.63, 3.8) is 0 Å². The Balaban J connectivity index is 1.38. The van der Waals surface area contributed by atoms with Gasteiger partial charge in [-0.05, 0) is 28.3 Å². The summed E-state index contributed by atoms with van der Waals surface area (Å²) in [6.45, 7) is 3.28. The molecule has 158 valence electrons. The maximum Gasteiger partial charge on any atom is 0.0754 e. The minimum atomic E-state index is 0.791. The summed E-state index contributed by atoms with van der Waals surface area (Å²) >= 11 is 0. The smallest absolute Gasteiger partial charge is 0.0754 e. The van der Waals surface area contributed by atoms with Gasteiger partial charge < -0.3 is 10.6 Å². The van der Waals surface area contributed by atoms with Gasteiger partial charge in [0, 0.05) is 37.0 Å². The zero-order chi connectivity index (χ0) is 21.6. The highest BCUT2D eigenvalue weighted by molar-refractivity contribution is 5.95. The summed E-state index contributed by atoms with van der Waals surface area (Å²) in [6.07, 6.45) is 0. The molecule has 0 saturated heterocycles. The number of rotatable bonds is 8. The minimum Gasteiger partial charge on any atom is -0.309 e. The van der Waals surface area contributed by atoms with E-state index in [2.05, 4.69) is 114 Å². The maximum atomic E-state index is 5.15. The standard InChI is InChI=1S/C29H27N3/c1-3-9-22(10-4-1)18-30-20-26-15-7-13-24-17-25-14-8-16-27(29(25)32-28(24)26)21-31-19-23-11-5-2-6-12-23/h1-17,30-31H,18-21H2. The Morgan fingerprint density at radius 2 is 0.938 bits per heavy atom. The van der Waals surface area contributed by atoms with Gasteiger partial charge in [-0.15, -0.1) is 0 Å². The summed E-state index contributed by atoms with van der Waals surface area (Å²) in [4.78, 5) is 5.15. The molecular formula is C29H27N3. The second-order valence-corrected chi connectivity index (χ2v) is 8.14. The molecule has 0 unspecified atom stereocenters. The lowest BCUT2D eigenvalue weighted by molar-refractivity contribution is 0.694. The van der Waals surface area contributed by atoms with Crippen LogP contribution in [0.5, 0.6) is 0 Å². The molecule has 5 aromatic rings. The second-order valence-electron chi connectivity index (χ2n) is 8.14. The number of hydrogen-bond donors (Lipinski definition) is 2. The summed E-state index contributed by atoms with van der Waals surface area (Å²) in [5.41, 5.74) is 7.20. The van der Waals surface area contributed by atoms with Gasteiger partial charge in [-0.2, -0.15) is 0 Å². The molecule has 0 fully saturated rings. The first-order valence-corrected chi connectivity index (χ1v) is 11.2. The molecule has 0 atom stereocenters. The molecule has 0 spiro atoms. The number of nitrogens with one attached hydrogen (secondary N) is 2. The van der Waals surface area contributed by atoms with E-state index in [0.717, 1.165) is 37.2 Å². The van der Waals surface area contributed by atoms with Crippen molar-refractivity contribution >= 4 is 21.8 Å². The molecule has 0 bridgehead atoms. The van der Waals surface area contributed by atoms with E-state index in [0.29, 0.717) is 0 Å². The average molecular weight is 418 g/mol. The van der Waals surface area contributed by atoms with Crippen LogP contribution in [0.25, 0.3) is 21.8 Å². The number of pyridine rings is 1. The average Bonchev–Trinajstić information content (AvgIpc) is 2.84. The van der Waals surface area contributed by atoms with Crippen molar-refractivity contribution in [3.05, 3.63) is 125 Å². The molecule has 0 aliphatic rings. The lowest BCUT2D eigenvalue weighted by atomic mass is 10.0. The summed E-state index contributed by atoms with van der Waals surface area (Å²) < 4.78 is 0. The molecule has 0 aliphatic heterocycles. The number of para-hydroxylation sites is 2. The van der Waals surface area contributed by atoms with E-state index in [-0.39, 0.29) is 0 Å². The zero-order valence-electron chi connectivity index (χ0n) is 18.1. The van der Waals surface area contributed by atoms with Gasteiger partial charge in [0.25, 0.3) is 0 Å². The lowest BCUT2D eigenvalue weighted by Crippen LogP contribution is -2.14. The summed E-state index contributed by atoms with van der Waals surface area (Å²) in [6, 6.07) is 36.2. The van der Waals surface area contributed by atoms with Crippen molar-refractivity contribution in [1.82, 2.24) is 15.6 Å². The largest absolute Gasteiger partial charge is 0.309 e. The van der Waals surface area contributed by atoms with Gasteiger partial charge in [0.15, 0.2) is 0 Å². The summed E-state index contributed by atoms with van der Waals surface area (Å²) in [5.74, 6) is 0. The third kappa shape index (κ3) is 4.70. The number of aromatic nitrogens is 1. The van der Waals surface area contributed by atoms with E-state index in [1.807, 2.05) is 0 Å². The molecule has 5 rings (SSSR count). The molecular weight excluding hydrogens is 390 g/mol. The van der Waals surface area contributed by atoms with Crippen molar-refractivity contribution in [2.45, 2.75) is 26.2 Å². The first-order valence-electron chi connectivity index (χ1n) is 11.2. The molecule has 4 aromatic carbocycles. The molecule has 3 nitrogen and oxygen atoms in total. The van der Waals surface area contributed by atoms with Gasteiger partial charge in [-0.1, -0.05) is 97.1 Å². The molecule has 3 heteroatoms. The predicted molar refractivity (Wildman–Crippen MR) is 133 cm³/mol. The summed E-state index contributed by atoms with van der Waals surface area (Å²) in [7, 11) is 0. The van der Waals surface area contributed by atoms with E-state index in [1.165, 1.54) is 33.0 Å². The Kier molecular flexibility index (Phi) is 6.20. The molecule has 0 amide bonds. The first kappa shape index (κ1) is 20.4. The quantitative estimate of drug-likeness (QED) is 0.306.